The summed E-state index contributed by atoms with van der Waals surface area (Å²) >= 11 is 0. The second-order valence-corrected chi connectivity index (χ2v) is 5.80. The molecular weight excluding hydrogens is 282 g/mol. The molecule has 0 bridgehead atoms. The quantitative estimate of drug-likeness (QED) is 0.657. The Morgan fingerprint density at radius 1 is 1.09 bits per heavy atom. The van der Waals surface area contributed by atoms with Gasteiger partial charge in [0, 0.05) is 12.1 Å². The topological polar surface area (TPSA) is 104 Å². The second-order valence-electron chi connectivity index (χ2n) is 5.80. The fourth-order valence-electron chi connectivity index (χ4n) is 2.83. The van der Waals surface area contributed by atoms with E-state index in [0.717, 1.165) is 31.2 Å². The maximum absolute atomic E-state index is 12.1. The molecule has 6 nitrogen and oxygen atoms in total. The molecule has 0 heterocycles. The van der Waals surface area contributed by atoms with Gasteiger partial charge in [0.1, 0.15) is 0 Å². The molecule has 0 radical (unpaired) electrons. The molecule has 0 spiro atoms. The van der Waals surface area contributed by atoms with Crippen LogP contribution >= 0.6 is 0 Å². The van der Waals surface area contributed by atoms with Crippen molar-refractivity contribution in [3.8, 4) is 0 Å². The fraction of sp³-hybridized carbons (Fsp3) is 0.500. The highest BCUT2D eigenvalue weighted by atomic mass is 16.4. The molecule has 22 heavy (non-hydrogen) atoms. The summed E-state index contributed by atoms with van der Waals surface area (Å²) < 4.78 is 0. The Hall–Kier alpha value is -2.08. The van der Waals surface area contributed by atoms with E-state index in [4.69, 9.17) is 10.8 Å². The number of carboxylic acid groups (broad SMARTS) is 1. The first-order chi connectivity index (χ1) is 10.5. The number of benzene rings is 1. The van der Waals surface area contributed by atoms with E-state index in [1.807, 2.05) is 30.3 Å². The van der Waals surface area contributed by atoms with Gasteiger partial charge in [0.15, 0.2) is 0 Å². The van der Waals surface area contributed by atoms with E-state index in [9.17, 15) is 9.59 Å². The van der Waals surface area contributed by atoms with E-state index in [0.29, 0.717) is 6.42 Å². The van der Waals surface area contributed by atoms with Crippen LogP contribution in [0.3, 0.4) is 0 Å². The van der Waals surface area contributed by atoms with Crippen LogP contribution in [0.4, 0.5) is 4.79 Å². The van der Waals surface area contributed by atoms with Crippen LogP contribution in [0, 0.1) is 0 Å². The fourth-order valence-corrected chi connectivity index (χ4v) is 2.83. The molecule has 1 atom stereocenters. The molecule has 1 aliphatic rings. The summed E-state index contributed by atoms with van der Waals surface area (Å²) in [6.45, 7) is 0. The van der Waals surface area contributed by atoms with Crippen LogP contribution in [0.15, 0.2) is 30.3 Å². The molecule has 2 rings (SSSR count). The molecule has 0 saturated heterocycles. The molecule has 1 saturated carbocycles. The largest absolute Gasteiger partial charge is 0.465 e. The highest BCUT2D eigenvalue weighted by Crippen LogP contribution is 2.18. The summed E-state index contributed by atoms with van der Waals surface area (Å²) in [6.07, 6.45) is 2.56. The minimum absolute atomic E-state index is 0.0105. The van der Waals surface area contributed by atoms with Gasteiger partial charge in [0.05, 0.1) is 6.04 Å². The molecular formula is C16H23N3O3. The van der Waals surface area contributed by atoms with Crippen LogP contribution in [0.2, 0.25) is 0 Å². The second kappa shape index (κ2) is 7.79. The van der Waals surface area contributed by atoms with Crippen LogP contribution in [0.1, 0.15) is 31.2 Å². The van der Waals surface area contributed by atoms with Crippen LogP contribution in [-0.4, -0.2) is 35.2 Å². The van der Waals surface area contributed by atoms with Gasteiger partial charge in [-0.2, -0.15) is 0 Å². The number of hydrogen-bond acceptors (Lipinski definition) is 3. The Balaban J connectivity index is 1.74. The number of rotatable bonds is 5. The number of carbonyl (C=O) groups excluding carboxylic acids is 1. The van der Waals surface area contributed by atoms with E-state index in [1.165, 1.54) is 0 Å². The predicted octanol–water partition coefficient (Wildman–Crippen LogP) is 1.25. The van der Waals surface area contributed by atoms with E-state index in [-0.39, 0.29) is 18.0 Å². The van der Waals surface area contributed by atoms with Crippen molar-refractivity contribution in [2.75, 3.05) is 0 Å². The van der Waals surface area contributed by atoms with Crippen molar-refractivity contribution in [2.24, 2.45) is 5.73 Å². The molecule has 6 heteroatoms. The number of nitrogens with two attached hydrogens (primary N) is 1. The lowest BCUT2D eigenvalue weighted by Gasteiger charge is -2.29. The highest BCUT2D eigenvalue weighted by molar-refractivity contribution is 5.82. The van der Waals surface area contributed by atoms with Gasteiger partial charge in [0.2, 0.25) is 5.91 Å². The average Bonchev–Trinajstić information content (AvgIpc) is 2.49. The summed E-state index contributed by atoms with van der Waals surface area (Å²) in [5, 5.41) is 14.2. The van der Waals surface area contributed by atoms with E-state index < -0.39 is 12.1 Å². The minimum atomic E-state index is -0.989. The Morgan fingerprint density at radius 3 is 2.18 bits per heavy atom. The zero-order valence-corrected chi connectivity index (χ0v) is 12.5. The van der Waals surface area contributed by atoms with Gasteiger partial charge in [-0.1, -0.05) is 30.3 Å². The summed E-state index contributed by atoms with van der Waals surface area (Å²) in [5.74, 6) is -0.140. The molecule has 0 aromatic heterocycles. The van der Waals surface area contributed by atoms with E-state index in [2.05, 4.69) is 10.6 Å². The molecule has 0 unspecified atom stereocenters. The Bertz CT molecular complexity index is 499. The van der Waals surface area contributed by atoms with E-state index >= 15 is 0 Å². The van der Waals surface area contributed by atoms with Crippen molar-refractivity contribution >= 4 is 12.0 Å². The number of hydrogen-bond donors (Lipinski definition) is 4. The third-order valence-electron chi connectivity index (χ3n) is 4.04. The number of carbonyl (C=O) groups is 2. The first kappa shape index (κ1) is 16.3. The van der Waals surface area contributed by atoms with Gasteiger partial charge >= 0.3 is 6.09 Å². The Kier molecular flexibility index (Phi) is 5.77. The normalized spacial score (nSPS) is 22.6. The van der Waals surface area contributed by atoms with Crippen molar-refractivity contribution in [3.05, 3.63) is 35.9 Å². The highest BCUT2D eigenvalue weighted by Gasteiger charge is 2.25. The van der Waals surface area contributed by atoms with Crippen molar-refractivity contribution in [2.45, 2.75) is 50.2 Å². The summed E-state index contributed by atoms with van der Waals surface area (Å²) in [7, 11) is 0. The van der Waals surface area contributed by atoms with Crippen LogP contribution in [0.25, 0.3) is 0 Å². The van der Waals surface area contributed by atoms with Crippen molar-refractivity contribution in [1.29, 1.82) is 0 Å². The Morgan fingerprint density at radius 2 is 1.64 bits per heavy atom. The SMILES string of the molecule is N[C@@H](Cc1ccccc1)C(=O)NC1CCC(NC(=O)O)CC1. The van der Waals surface area contributed by atoms with Crippen molar-refractivity contribution in [3.63, 3.8) is 0 Å². The Labute approximate surface area is 130 Å². The first-order valence-corrected chi connectivity index (χ1v) is 7.64. The zero-order chi connectivity index (χ0) is 15.9. The van der Waals surface area contributed by atoms with Crippen LogP contribution in [-0.2, 0) is 11.2 Å². The van der Waals surface area contributed by atoms with Gasteiger partial charge in [-0.15, -0.1) is 0 Å². The standard InChI is InChI=1S/C16H23N3O3/c17-14(10-11-4-2-1-3-5-11)15(20)18-12-6-8-13(9-7-12)19-16(21)22/h1-5,12-14,19H,6-10,17H2,(H,18,20)(H,21,22)/t12?,13?,14-/m0/s1. The lowest BCUT2D eigenvalue weighted by Crippen LogP contribution is -2.49. The number of nitrogens with one attached hydrogen (secondary N) is 2. The van der Waals surface area contributed by atoms with Gasteiger partial charge in [0.25, 0.3) is 0 Å². The van der Waals surface area contributed by atoms with Gasteiger partial charge in [-0.05, 0) is 37.7 Å². The predicted molar refractivity (Wildman–Crippen MR) is 83.5 cm³/mol. The van der Waals surface area contributed by atoms with E-state index in [1.54, 1.807) is 0 Å². The summed E-state index contributed by atoms with van der Waals surface area (Å²) in [5.41, 5.74) is 7.00. The third-order valence-corrected chi connectivity index (χ3v) is 4.04. The maximum Gasteiger partial charge on any atom is 0.404 e. The van der Waals surface area contributed by atoms with Gasteiger partial charge < -0.3 is 21.5 Å². The molecule has 1 aliphatic carbocycles. The maximum atomic E-state index is 12.1. The monoisotopic (exact) mass is 305 g/mol. The van der Waals surface area contributed by atoms with Crippen molar-refractivity contribution in [1.82, 2.24) is 10.6 Å². The molecule has 5 N–H and O–H groups in total. The third kappa shape index (κ3) is 5.04. The molecule has 1 aromatic rings. The molecule has 120 valence electrons. The zero-order valence-electron chi connectivity index (χ0n) is 12.5. The summed E-state index contributed by atoms with van der Waals surface area (Å²) in [6, 6.07) is 9.21. The summed E-state index contributed by atoms with van der Waals surface area (Å²) in [4.78, 5) is 22.7. The van der Waals surface area contributed by atoms with Crippen LogP contribution < -0.4 is 16.4 Å². The lowest BCUT2D eigenvalue weighted by atomic mass is 9.91. The van der Waals surface area contributed by atoms with Gasteiger partial charge in [-0.3, -0.25) is 4.79 Å². The molecule has 2 amide bonds. The first-order valence-electron chi connectivity index (χ1n) is 7.64. The van der Waals surface area contributed by atoms with Crippen LogP contribution in [0.5, 0.6) is 0 Å². The lowest BCUT2D eigenvalue weighted by molar-refractivity contribution is -0.123. The minimum Gasteiger partial charge on any atom is -0.465 e. The molecule has 0 aliphatic heterocycles. The number of amides is 2. The molecule has 1 fully saturated rings. The molecule has 1 aromatic carbocycles. The van der Waals surface area contributed by atoms with Gasteiger partial charge in [-0.25, -0.2) is 4.79 Å². The smallest absolute Gasteiger partial charge is 0.404 e. The van der Waals surface area contributed by atoms with Crippen molar-refractivity contribution < 1.29 is 14.7 Å². The average molecular weight is 305 g/mol.